The molecule has 168 valence electrons. The number of carboxylic acids is 1. The highest BCUT2D eigenvalue weighted by molar-refractivity contribution is 6.24. The van der Waals surface area contributed by atoms with Crippen molar-refractivity contribution in [2.45, 2.75) is 31.8 Å². The van der Waals surface area contributed by atoms with Crippen molar-refractivity contribution in [1.82, 2.24) is 5.32 Å². The van der Waals surface area contributed by atoms with Gasteiger partial charge in [-0.05, 0) is 42.2 Å². The van der Waals surface area contributed by atoms with E-state index >= 15 is 0 Å². The summed E-state index contributed by atoms with van der Waals surface area (Å²) in [5.74, 6) is -4.50. The third kappa shape index (κ3) is 3.26. The Kier molecular flexibility index (Phi) is 5.50. The lowest BCUT2D eigenvalue weighted by atomic mass is 9.75. The first-order valence-corrected chi connectivity index (χ1v) is 10.5. The molecule has 2 heterocycles. The number of rotatable bonds is 6. The van der Waals surface area contributed by atoms with E-state index in [2.05, 4.69) is 5.32 Å². The maximum Gasteiger partial charge on any atom is 0.324 e. The van der Waals surface area contributed by atoms with Crippen LogP contribution in [0.25, 0.3) is 0 Å². The largest absolute Gasteiger partial charge is 0.495 e. The lowest BCUT2D eigenvalue weighted by molar-refractivity contribution is -0.149. The van der Waals surface area contributed by atoms with Crippen molar-refractivity contribution in [2.75, 3.05) is 12.0 Å². The van der Waals surface area contributed by atoms with Crippen LogP contribution in [0.3, 0.4) is 0 Å². The van der Waals surface area contributed by atoms with Crippen LogP contribution in [-0.4, -0.2) is 35.5 Å². The molecule has 0 bridgehead atoms. The number of imide groups is 1. The Hall–Kier alpha value is -3.26. The number of ether oxygens (including phenoxy) is 1. The Labute approximate surface area is 185 Å². The minimum Gasteiger partial charge on any atom is -0.495 e. The molecule has 7 nitrogen and oxygen atoms in total. The highest BCUT2D eigenvalue weighted by Gasteiger charge is 2.68. The van der Waals surface area contributed by atoms with E-state index in [1.165, 1.54) is 31.4 Å². The summed E-state index contributed by atoms with van der Waals surface area (Å²) in [5.41, 5.74) is -0.807. The van der Waals surface area contributed by atoms with Crippen LogP contribution in [-0.2, 0) is 14.4 Å². The van der Waals surface area contributed by atoms with Crippen molar-refractivity contribution >= 4 is 23.5 Å². The number of carbonyl (C=O) groups excluding carboxylic acids is 2. The van der Waals surface area contributed by atoms with Crippen LogP contribution < -0.4 is 15.0 Å². The number of anilines is 1. The van der Waals surface area contributed by atoms with Crippen LogP contribution in [0.1, 0.15) is 31.9 Å². The Balaban J connectivity index is 1.88. The van der Waals surface area contributed by atoms with Crippen molar-refractivity contribution in [3.05, 3.63) is 59.9 Å². The van der Waals surface area contributed by atoms with Gasteiger partial charge in [0.05, 0.1) is 24.6 Å². The summed E-state index contributed by atoms with van der Waals surface area (Å²) in [4.78, 5) is 41.0. The molecule has 2 aliphatic heterocycles. The molecule has 2 N–H and O–H groups in total. The van der Waals surface area contributed by atoms with Gasteiger partial charge in [-0.25, -0.2) is 9.29 Å². The molecule has 0 aromatic heterocycles. The van der Waals surface area contributed by atoms with Gasteiger partial charge < -0.3 is 9.84 Å². The topological polar surface area (TPSA) is 95.9 Å². The number of hydrogen-bond donors (Lipinski definition) is 2. The maximum atomic E-state index is 13.7. The second-order valence-corrected chi connectivity index (χ2v) is 8.74. The molecule has 0 spiro atoms. The van der Waals surface area contributed by atoms with Crippen molar-refractivity contribution in [1.29, 1.82) is 0 Å². The Bertz CT molecular complexity index is 1070. The Morgan fingerprint density at radius 2 is 1.81 bits per heavy atom. The van der Waals surface area contributed by atoms with Crippen molar-refractivity contribution < 1.29 is 28.6 Å². The van der Waals surface area contributed by atoms with E-state index < -0.39 is 47.0 Å². The molecule has 4 rings (SSSR count). The number of carboxylic acid groups (broad SMARTS) is 1. The Morgan fingerprint density at radius 1 is 1.16 bits per heavy atom. The zero-order chi connectivity index (χ0) is 23.2. The first-order valence-electron chi connectivity index (χ1n) is 10.5. The number of carbonyl (C=O) groups is 3. The molecular formula is C24H25FN2O5. The van der Waals surface area contributed by atoms with Gasteiger partial charge in [0.2, 0.25) is 11.8 Å². The molecule has 4 unspecified atom stereocenters. The summed E-state index contributed by atoms with van der Waals surface area (Å²) < 4.78 is 18.9. The van der Waals surface area contributed by atoms with Crippen LogP contribution in [0.4, 0.5) is 10.1 Å². The summed E-state index contributed by atoms with van der Waals surface area (Å²) in [5, 5.41) is 13.4. The van der Waals surface area contributed by atoms with Gasteiger partial charge in [0.15, 0.2) is 0 Å². The number of fused-ring (bicyclic) bond motifs is 1. The highest BCUT2D eigenvalue weighted by Crippen LogP contribution is 2.52. The lowest BCUT2D eigenvalue weighted by Crippen LogP contribution is -2.56. The van der Waals surface area contributed by atoms with E-state index in [-0.39, 0.29) is 18.0 Å². The van der Waals surface area contributed by atoms with Crippen LogP contribution in [0.5, 0.6) is 5.75 Å². The smallest absolute Gasteiger partial charge is 0.324 e. The van der Waals surface area contributed by atoms with Crippen LogP contribution in [0.2, 0.25) is 0 Å². The molecule has 0 aliphatic carbocycles. The van der Waals surface area contributed by atoms with E-state index in [4.69, 9.17) is 4.74 Å². The summed E-state index contributed by atoms with van der Waals surface area (Å²) in [6.45, 7) is 3.73. The van der Waals surface area contributed by atoms with Crippen molar-refractivity contribution in [3.63, 3.8) is 0 Å². The number of benzene rings is 2. The zero-order valence-electron chi connectivity index (χ0n) is 18.0. The first kappa shape index (κ1) is 22.0. The van der Waals surface area contributed by atoms with Gasteiger partial charge in [-0.15, -0.1) is 0 Å². The zero-order valence-corrected chi connectivity index (χ0v) is 18.0. The maximum absolute atomic E-state index is 13.7. The molecule has 2 aliphatic rings. The number of amides is 2. The summed E-state index contributed by atoms with van der Waals surface area (Å²) in [6, 6.07) is 11.4. The summed E-state index contributed by atoms with van der Waals surface area (Å²) in [7, 11) is 1.44. The monoisotopic (exact) mass is 440 g/mol. The molecule has 2 fully saturated rings. The average molecular weight is 440 g/mol. The van der Waals surface area contributed by atoms with Crippen LogP contribution in [0, 0.1) is 23.6 Å². The number of hydrogen-bond acceptors (Lipinski definition) is 5. The highest BCUT2D eigenvalue weighted by atomic mass is 19.1. The van der Waals surface area contributed by atoms with E-state index in [9.17, 15) is 23.9 Å². The van der Waals surface area contributed by atoms with Gasteiger partial charge in [0.1, 0.15) is 17.1 Å². The van der Waals surface area contributed by atoms with Gasteiger partial charge in [-0.2, -0.15) is 0 Å². The summed E-state index contributed by atoms with van der Waals surface area (Å²) >= 11 is 0. The van der Waals surface area contributed by atoms with Gasteiger partial charge in [-0.1, -0.05) is 38.1 Å². The van der Waals surface area contributed by atoms with Crippen LogP contribution in [0.15, 0.2) is 48.5 Å². The predicted molar refractivity (Wildman–Crippen MR) is 115 cm³/mol. The van der Waals surface area contributed by atoms with E-state index in [1.807, 2.05) is 13.8 Å². The third-order valence-electron chi connectivity index (χ3n) is 6.32. The molecule has 8 heteroatoms. The molecule has 2 aromatic rings. The predicted octanol–water partition coefficient (Wildman–Crippen LogP) is 3.15. The Morgan fingerprint density at radius 3 is 2.41 bits per heavy atom. The molecule has 2 aromatic carbocycles. The molecule has 2 saturated heterocycles. The van der Waals surface area contributed by atoms with Gasteiger partial charge in [0.25, 0.3) is 0 Å². The quantitative estimate of drug-likeness (QED) is 0.670. The number of methoxy groups -OCH3 is 1. The van der Waals surface area contributed by atoms with Gasteiger partial charge in [0, 0.05) is 6.04 Å². The molecule has 32 heavy (non-hydrogen) atoms. The summed E-state index contributed by atoms with van der Waals surface area (Å²) in [6.07, 6.45) is 0.153. The number of nitrogens with one attached hydrogen (secondary N) is 1. The van der Waals surface area contributed by atoms with Crippen molar-refractivity contribution in [2.24, 2.45) is 17.8 Å². The van der Waals surface area contributed by atoms with E-state index in [1.54, 1.807) is 24.3 Å². The minimum absolute atomic E-state index is 0.0607. The second kappa shape index (κ2) is 8.02. The number of nitrogens with zero attached hydrogens (tertiary/aromatic N) is 1. The SMILES string of the molecule is COc1ccccc1N1C(=O)C2C(c3ccc(F)cc3)NC(CC(C)C)(C(=O)O)C2C1=O. The fourth-order valence-electron chi connectivity index (χ4n) is 5.13. The van der Waals surface area contributed by atoms with E-state index in [0.717, 1.165) is 4.90 Å². The lowest BCUT2D eigenvalue weighted by Gasteiger charge is -2.32. The van der Waals surface area contributed by atoms with Crippen LogP contribution >= 0.6 is 0 Å². The molecular weight excluding hydrogens is 415 g/mol. The standard InChI is InChI=1S/C24H25FN2O5/c1-13(2)12-24(23(30)31)19-18(20(26-24)14-8-10-15(25)11-9-14)21(28)27(22(19)29)16-6-4-5-7-17(16)32-3/h4-11,13,18-20,26H,12H2,1-3H3,(H,30,31). The number of halogens is 1. The third-order valence-corrected chi connectivity index (χ3v) is 6.32. The van der Waals surface area contributed by atoms with Crippen molar-refractivity contribution in [3.8, 4) is 5.75 Å². The molecule has 0 radical (unpaired) electrons. The molecule has 0 saturated carbocycles. The first-order chi connectivity index (χ1) is 15.2. The van der Waals surface area contributed by atoms with E-state index in [0.29, 0.717) is 11.3 Å². The fourth-order valence-corrected chi connectivity index (χ4v) is 5.13. The number of aliphatic carboxylic acids is 1. The van der Waals surface area contributed by atoms with Gasteiger partial charge in [-0.3, -0.25) is 19.7 Å². The fraction of sp³-hybridized carbons (Fsp3) is 0.375. The minimum atomic E-state index is -1.64. The normalized spacial score (nSPS) is 27.2. The molecule has 4 atom stereocenters. The number of para-hydroxylation sites is 2. The second-order valence-electron chi connectivity index (χ2n) is 8.74. The molecule has 2 amide bonds. The van der Waals surface area contributed by atoms with Gasteiger partial charge >= 0.3 is 5.97 Å². The average Bonchev–Trinajstić information content (AvgIpc) is 3.22.